The molecule has 3 heteroatoms. The zero-order valence-corrected chi connectivity index (χ0v) is 7.36. The van der Waals surface area contributed by atoms with Crippen LogP contribution in [0, 0.1) is 0 Å². The van der Waals surface area contributed by atoms with Gasteiger partial charge in [0, 0.05) is 0 Å². The Balaban J connectivity index is 2.81. The smallest absolute Gasteiger partial charge is 0.166 e. The lowest BCUT2D eigenvalue weighted by Gasteiger charge is -2.06. The van der Waals surface area contributed by atoms with Gasteiger partial charge in [-0.3, -0.25) is 0 Å². The summed E-state index contributed by atoms with van der Waals surface area (Å²) in [7, 11) is 0. The second-order valence-electron chi connectivity index (χ2n) is 2.94. The summed E-state index contributed by atoms with van der Waals surface area (Å²) in [5.74, 6) is 0. The van der Waals surface area contributed by atoms with Gasteiger partial charge in [-0.25, -0.2) is 0 Å². The molecule has 72 valence electrons. The highest BCUT2D eigenvalue weighted by Gasteiger charge is 2.29. The summed E-state index contributed by atoms with van der Waals surface area (Å²) in [5, 5.41) is 0. The summed E-state index contributed by atoms with van der Waals surface area (Å²) in [5.41, 5.74) is 0.378. The fraction of sp³-hybridized carbons (Fsp3) is 0.400. The highest BCUT2D eigenvalue weighted by Crippen LogP contribution is 2.29. The standard InChI is InChI=1S/C10H11F3/c1-2-3-8-4-6-9(7-5-8)10(11,12)13/h4-7H,2-3H2,1H3. The van der Waals surface area contributed by atoms with Gasteiger partial charge in [-0.15, -0.1) is 0 Å². The number of halogens is 3. The van der Waals surface area contributed by atoms with E-state index in [4.69, 9.17) is 0 Å². The van der Waals surface area contributed by atoms with E-state index in [1.54, 1.807) is 0 Å². The van der Waals surface area contributed by atoms with Crippen molar-refractivity contribution in [3.05, 3.63) is 35.4 Å². The van der Waals surface area contributed by atoms with Gasteiger partial charge in [0.1, 0.15) is 0 Å². The lowest BCUT2D eigenvalue weighted by Crippen LogP contribution is -2.04. The van der Waals surface area contributed by atoms with E-state index in [1.807, 2.05) is 6.92 Å². The van der Waals surface area contributed by atoms with Crippen molar-refractivity contribution < 1.29 is 13.2 Å². The van der Waals surface area contributed by atoms with Crippen LogP contribution in [-0.4, -0.2) is 0 Å². The number of benzene rings is 1. The molecule has 0 bridgehead atoms. The fourth-order valence-corrected chi connectivity index (χ4v) is 1.15. The van der Waals surface area contributed by atoms with Gasteiger partial charge < -0.3 is 0 Å². The third-order valence-corrected chi connectivity index (χ3v) is 1.82. The normalized spacial score (nSPS) is 11.7. The number of rotatable bonds is 2. The van der Waals surface area contributed by atoms with Crippen molar-refractivity contribution in [1.82, 2.24) is 0 Å². The maximum Gasteiger partial charge on any atom is 0.416 e. The molecule has 0 amide bonds. The zero-order chi connectivity index (χ0) is 9.90. The van der Waals surface area contributed by atoms with Crippen LogP contribution in [0.4, 0.5) is 13.2 Å². The Hall–Kier alpha value is -0.990. The van der Waals surface area contributed by atoms with Gasteiger partial charge in [0.25, 0.3) is 0 Å². The van der Waals surface area contributed by atoms with Crippen LogP contribution in [0.25, 0.3) is 0 Å². The molecule has 0 radical (unpaired) electrons. The second-order valence-corrected chi connectivity index (χ2v) is 2.94. The average Bonchev–Trinajstić information content (AvgIpc) is 2.04. The first kappa shape index (κ1) is 10.1. The van der Waals surface area contributed by atoms with Crippen molar-refractivity contribution >= 4 is 0 Å². The van der Waals surface area contributed by atoms with Gasteiger partial charge in [0.15, 0.2) is 0 Å². The molecular formula is C10H11F3. The zero-order valence-electron chi connectivity index (χ0n) is 7.36. The minimum Gasteiger partial charge on any atom is -0.166 e. The van der Waals surface area contributed by atoms with Crippen LogP contribution >= 0.6 is 0 Å². The summed E-state index contributed by atoms with van der Waals surface area (Å²) < 4.78 is 36.3. The highest BCUT2D eigenvalue weighted by atomic mass is 19.4. The summed E-state index contributed by atoms with van der Waals surface area (Å²) >= 11 is 0. The maximum atomic E-state index is 12.1. The maximum absolute atomic E-state index is 12.1. The van der Waals surface area contributed by atoms with E-state index in [9.17, 15) is 13.2 Å². The molecule has 0 fully saturated rings. The van der Waals surface area contributed by atoms with E-state index >= 15 is 0 Å². The highest BCUT2D eigenvalue weighted by molar-refractivity contribution is 5.24. The van der Waals surface area contributed by atoms with Crippen molar-refractivity contribution in [2.24, 2.45) is 0 Å². The van der Waals surface area contributed by atoms with Crippen LogP contribution in [0.2, 0.25) is 0 Å². The molecule has 0 spiro atoms. The fourth-order valence-electron chi connectivity index (χ4n) is 1.15. The molecule has 0 aliphatic carbocycles. The van der Waals surface area contributed by atoms with Crippen LogP contribution in [-0.2, 0) is 12.6 Å². The quantitative estimate of drug-likeness (QED) is 0.664. The van der Waals surface area contributed by atoms with Crippen LogP contribution in [0.1, 0.15) is 24.5 Å². The SMILES string of the molecule is CCCc1ccc(C(F)(F)F)cc1. The molecule has 1 aromatic carbocycles. The first-order valence-corrected chi connectivity index (χ1v) is 4.20. The molecule has 0 unspecified atom stereocenters. The van der Waals surface area contributed by atoms with Crippen molar-refractivity contribution in [2.45, 2.75) is 25.9 Å². The molecule has 0 aliphatic rings. The lowest BCUT2D eigenvalue weighted by atomic mass is 10.1. The van der Waals surface area contributed by atoms with Crippen molar-refractivity contribution in [3.63, 3.8) is 0 Å². The molecular weight excluding hydrogens is 177 g/mol. The van der Waals surface area contributed by atoms with Gasteiger partial charge in [-0.2, -0.15) is 13.2 Å². The molecule has 0 aromatic heterocycles. The minimum absolute atomic E-state index is 0.577. The van der Waals surface area contributed by atoms with Gasteiger partial charge in [0.05, 0.1) is 5.56 Å². The van der Waals surface area contributed by atoms with E-state index in [0.717, 1.165) is 30.5 Å². The molecule has 1 rings (SSSR count). The van der Waals surface area contributed by atoms with Crippen molar-refractivity contribution in [3.8, 4) is 0 Å². The van der Waals surface area contributed by atoms with Crippen LogP contribution < -0.4 is 0 Å². The van der Waals surface area contributed by atoms with E-state index < -0.39 is 11.7 Å². The van der Waals surface area contributed by atoms with Crippen molar-refractivity contribution in [2.75, 3.05) is 0 Å². The largest absolute Gasteiger partial charge is 0.416 e. The van der Waals surface area contributed by atoms with E-state index in [2.05, 4.69) is 0 Å². The van der Waals surface area contributed by atoms with E-state index in [1.165, 1.54) is 12.1 Å². The molecule has 0 saturated carbocycles. The van der Waals surface area contributed by atoms with Gasteiger partial charge in [0.2, 0.25) is 0 Å². The van der Waals surface area contributed by atoms with Crippen LogP contribution in [0.3, 0.4) is 0 Å². The number of hydrogen-bond acceptors (Lipinski definition) is 0. The van der Waals surface area contributed by atoms with Crippen LogP contribution in [0.15, 0.2) is 24.3 Å². The minimum atomic E-state index is -4.22. The number of alkyl halides is 3. The predicted octanol–water partition coefficient (Wildman–Crippen LogP) is 3.66. The predicted molar refractivity (Wildman–Crippen MR) is 45.4 cm³/mol. The average molecular weight is 188 g/mol. The summed E-state index contributed by atoms with van der Waals surface area (Å²) in [4.78, 5) is 0. The Morgan fingerprint density at radius 2 is 1.62 bits per heavy atom. The van der Waals surface area contributed by atoms with E-state index in [0.29, 0.717) is 0 Å². The Kier molecular flexibility index (Phi) is 2.96. The lowest BCUT2D eigenvalue weighted by molar-refractivity contribution is -0.137. The van der Waals surface area contributed by atoms with Crippen LogP contribution in [0.5, 0.6) is 0 Å². The molecule has 13 heavy (non-hydrogen) atoms. The van der Waals surface area contributed by atoms with Gasteiger partial charge in [-0.05, 0) is 24.1 Å². The Bertz CT molecular complexity index is 258. The Morgan fingerprint density at radius 1 is 1.08 bits per heavy atom. The first-order chi connectivity index (χ1) is 6.04. The Morgan fingerprint density at radius 3 is 2.00 bits per heavy atom. The molecule has 1 aromatic rings. The Labute approximate surface area is 75.4 Å². The van der Waals surface area contributed by atoms with Gasteiger partial charge in [-0.1, -0.05) is 25.5 Å². The number of hydrogen-bond donors (Lipinski definition) is 0. The third-order valence-electron chi connectivity index (χ3n) is 1.82. The van der Waals surface area contributed by atoms with E-state index in [-0.39, 0.29) is 0 Å². The van der Waals surface area contributed by atoms with Gasteiger partial charge >= 0.3 is 6.18 Å². The number of aryl methyl sites for hydroxylation is 1. The monoisotopic (exact) mass is 188 g/mol. The summed E-state index contributed by atoms with van der Waals surface area (Å²) in [6.45, 7) is 2.00. The molecule has 0 heterocycles. The van der Waals surface area contributed by atoms with Crippen molar-refractivity contribution in [1.29, 1.82) is 0 Å². The molecule has 0 atom stereocenters. The second kappa shape index (κ2) is 3.81. The molecule has 0 saturated heterocycles. The summed E-state index contributed by atoms with van der Waals surface area (Å²) in [6.07, 6.45) is -2.44. The first-order valence-electron chi connectivity index (χ1n) is 4.20. The summed E-state index contributed by atoms with van der Waals surface area (Å²) in [6, 6.07) is 5.33. The molecule has 0 aliphatic heterocycles. The topological polar surface area (TPSA) is 0 Å². The molecule has 0 N–H and O–H groups in total. The third kappa shape index (κ3) is 2.76. The molecule has 0 nitrogen and oxygen atoms in total.